The lowest BCUT2D eigenvalue weighted by molar-refractivity contribution is 0.0184. The fraction of sp³-hybridized carbons (Fsp3) is 0.632. The summed E-state index contributed by atoms with van der Waals surface area (Å²) in [5.74, 6) is 1.42. The van der Waals surface area contributed by atoms with Gasteiger partial charge in [-0.1, -0.05) is 32.4 Å². The summed E-state index contributed by atoms with van der Waals surface area (Å²) in [4.78, 5) is 0. The van der Waals surface area contributed by atoms with Gasteiger partial charge in [-0.05, 0) is 61.6 Å². The van der Waals surface area contributed by atoms with Crippen LogP contribution in [0, 0.1) is 17.2 Å². The van der Waals surface area contributed by atoms with Gasteiger partial charge < -0.3 is 4.74 Å². The second-order valence-corrected chi connectivity index (χ2v) is 6.38. The van der Waals surface area contributed by atoms with Crippen molar-refractivity contribution in [1.29, 1.82) is 5.26 Å². The van der Waals surface area contributed by atoms with Crippen molar-refractivity contribution in [2.45, 2.75) is 64.4 Å². The van der Waals surface area contributed by atoms with Crippen molar-refractivity contribution in [2.24, 2.45) is 5.92 Å². The van der Waals surface area contributed by atoms with Crippen LogP contribution in [0.3, 0.4) is 0 Å². The van der Waals surface area contributed by atoms with Gasteiger partial charge >= 0.3 is 0 Å². The highest BCUT2D eigenvalue weighted by atomic mass is 16.5. The third kappa shape index (κ3) is 4.86. The van der Waals surface area contributed by atoms with Crippen LogP contribution in [0.4, 0.5) is 0 Å². The Morgan fingerprint density at radius 2 is 1.86 bits per heavy atom. The third-order valence-corrected chi connectivity index (χ3v) is 4.85. The van der Waals surface area contributed by atoms with Crippen molar-refractivity contribution >= 4 is 0 Å². The van der Waals surface area contributed by atoms with Crippen LogP contribution >= 0.6 is 0 Å². The molecule has 1 aromatic carbocycles. The average Bonchev–Trinajstić information content (AvgIpc) is 2.55. The predicted octanol–water partition coefficient (Wildman–Crippen LogP) is 5.04. The molecule has 0 amide bonds. The molecule has 0 aromatic heterocycles. The minimum Gasteiger partial charge on any atom is -0.378 e. The van der Waals surface area contributed by atoms with Crippen LogP contribution in [0.15, 0.2) is 24.3 Å². The molecule has 0 N–H and O–H groups in total. The van der Waals surface area contributed by atoms with Gasteiger partial charge in [0.05, 0.1) is 17.7 Å². The largest absolute Gasteiger partial charge is 0.378 e. The van der Waals surface area contributed by atoms with Crippen molar-refractivity contribution in [1.82, 2.24) is 0 Å². The zero-order chi connectivity index (χ0) is 15.1. The van der Waals surface area contributed by atoms with Gasteiger partial charge in [0.15, 0.2) is 0 Å². The second kappa shape index (κ2) is 8.20. The van der Waals surface area contributed by atoms with E-state index in [0.29, 0.717) is 12.0 Å². The van der Waals surface area contributed by atoms with Crippen LogP contribution in [0.5, 0.6) is 0 Å². The molecule has 0 saturated heterocycles. The molecule has 114 valence electrons. The zero-order valence-electron chi connectivity index (χ0n) is 13.3. The summed E-state index contributed by atoms with van der Waals surface area (Å²) in [6, 6.07) is 10.3. The van der Waals surface area contributed by atoms with E-state index in [9.17, 15) is 0 Å². The van der Waals surface area contributed by atoms with Gasteiger partial charge in [-0.25, -0.2) is 0 Å². The number of hydrogen-bond donors (Lipinski definition) is 0. The fourth-order valence-electron chi connectivity index (χ4n) is 3.03. The molecule has 0 radical (unpaired) electrons. The quantitative estimate of drug-likeness (QED) is 0.733. The molecule has 1 saturated carbocycles. The van der Waals surface area contributed by atoms with E-state index in [0.717, 1.165) is 18.1 Å². The van der Waals surface area contributed by atoms with Gasteiger partial charge in [0, 0.05) is 6.61 Å². The molecule has 1 fully saturated rings. The monoisotopic (exact) mass is 285 g/mol. The van der Waals surface area contributed by atoms with Crippen LogP contribution in [0.25, 0.3) is 0 Å². The van der Waals surface area contributed by atoms with Gasteiger partial charge in [0.25, 0.3) is 0 Å². The number of ether oxygens (including phenoxy) is 1. The Morgan fingerprint density at radius 3 is 2.43 bits per heavy atom. The molecule has 0 spiro atoms. The Morgan fingerprint density at radius 1 is 1.19 bits per heavy atom. The first-order valence-electron chi connectivity index (χ1n) is 8.34. The van der Waals surface area contributed by atoms with Gasteiger partial charge in [0.2, 0.25) is 0 Å². The van der Waals surface area contributed by atoms with E-state index in [-0.39, 0.29) is 0 Å². The Balaban J connectivity index is 1.73. The minimum atomic E-state index is 0.462. The predicted molar refractivity (Wildman–Crippen MR) is 86.2 cm³/mol. The van der Waals surface area contributed by atoms with E-state index >= 15 is 0 Å². The molecule has 0 bridgehead atoms. The molecule has 21 heavy (non-hydrogen) atoms. The lowest BCUT2D eigenvalue weighted by atomic mass is 9.82. The third-order valence-electron chi connectivity index (χ3n) is 4.85. The van der Waals surface area contributed by atoms with Crippen molar-refractivity contribution in [3.8, 4) is 6.07 Å². The molecule has 2 heteroatoms. The SMILES string of the molecule is CCC(C)CCOC1CCC(c2ccc(C#N)cc2)CC1. The molecule has 1 aliphatic carbocycles. The van der Waals surface area contributed by atoms with E-state index in [1.54, 1.807) is 0 Å². The summed E-state index contributed by atoms with van der Waals surface area (Å²) in [6.07, 6.45) is 7.65. The number of nitrogens with zero attached hydrogens (tertiary/aromatic N) is 1. The molecule has 1 aromatic rings. The molecule has 0 aliphatic heterocycles. The maximum Gasteiger partial charge on any atom is 0.0991 e. The van der Waals surface area contributed by atoms with Gasteiger partial charge in [0.1, 0.15) is 0 Å². The first-order valence-corrected chi connectivity index (χ1v) is 8.34. The first-order chi connectivity index (χ1) is 10.2. The highest BCUT2D eigenvalue weighted by molar-refractivity contribution is 5.33. The van der Waals surface area contributed by atoms with Crippen LogP contribution < -0.4 is 0 Å². The summed E-state index contributed by atoms with van der Waals surface area (Å²) in [7, 11) is 0. The van der Waals surface area contributed by atoms with E-state index in [4.69, 9.17) is 10.00 Å². The fourth-order valence-corrected chi connectivity index (χ4v) is 3.03. The molecule has 1 unspecified atom stereocenters. The van der Waals surface area contributed by atoms with E-state index in [2.05, 4.69) is 32.0 Å². The number of hydrogen-bond acceptors (Lipinski definition) is 2. The van der Waals surface area contributed by atoms with Crippen molar-refractivity contribution in [2.75, 3.05) is 6.61 Å². The zero-order valence-corrected chi connectivity index (χ0v) is 13.3. The van der Waals surface area contributed by atoms with Gasteiger partial charge in [-0.3, -0.25) is 0 Å². The van der Waals surface area contributed by atoms with Gasteiger partial charge in [-0.15, -0.1) is 0 Å². The smallest absolute Gasteiger partial charge is 0.0991 e. The van der Waals surface area contributed by atoms with E-state index in [1.165, 1.54) is 44.1 Å². The number of rotatable bonds is 6. The summed E-state index contributed by atoms with van der Waals surface area (Å²) in [5, 5.41) is 8.85. The maximum atomic E-state index is 8.85. The van der Waals surface area contributed by atoms with Gasteiger partial charge in [-0.2, -0.15) is 5.26 Å². The molecule has 1 atom stereocenters. The highest BCUT2D eigenvalue weighted by Gasteiger charge is 2.22. The topological polar surface area (TPSA) is 33.0 Å². The van der Waals surface area contributed by atoms with Crippen LogP contribution in [-0.2, 0) is 4.74 Å². The Labute approximate surface area is 129 Å². The Kier molecular flexibility index (Phi) is 6.26. The minimum absolute atomic E-state index is 0.462. The molecular weight excluding hydrogens is 258 g/mol. The van der Waals surface area contributed by atoms with Crippen molar-refractivity contribution < 1.29 is 4.74 Å². The molecule has 2 rings (SSSR count). The Bertz CT molecular complexity index is 451. The standard InChI is InChI=1S/C19H27NO/c1-3-15(2)12-13-21-19-10-8-18(9-11-19)17-6-4-16(14-20)5-7-17/h4-7,15,18-19H,3,8-13H2,1-2H3. The lowest BCUT2D eigenvalue weighted by Gasteiger charge is -2.29. The van der Waals surface area contributed by atoms with Crippen molar-refractivity contribution in [3.63, 3.8) is 0 Å². The summed E-state index contributed by atoms with van der Waals surface area (Å²) in [6.45, 7) is 5.46. The molecular formula is C19H27NO. The molecule has 0 heterocycles. The van der Waals surface area contributed by atoms with Crippen LogP contribution in [-0.4, -0.2) is 12.7 Å². The normalized spacial score (nSPS) is 23.5. The van der Waals surface area contributed by atoms with Crippen molar-refractivity contribution in [3.05, 3.63) is 35.4 Å². The highest BCUT2D eigenvalue weighted by Crippen LogP contribution is 2.34. The number of benzene rings is 1. The second-order valence-electron chi connectivity index (χ2n) is 6.38. The first kappa shape index (κ1) is 16.0. The maximum absolute atomic E-state index is 8.85. The summed E-state index contributed by atoms with van der Waals surface area (Å²) >= 11 is 0. The average molecular weight is 285 g/mol. The van der Waals surface area contributed by atoms with Crippen LogP contribution in [0.1, 0.15) is 69.4 Å². The lowest BCUT2D eigenvalue weighted by Crippen LogP contribution is -2.21. The van der Waals surface area contributed by atoms with E-state index in [1.807, 2.05) is 12.1 Å². The summed E-state index contributed by atoms with van der Waals surface area (Å²) < 4.78 is 6.03. The summed E-state index contributed by atoms with van der Waals surface area (Å²) in [5.41, 5.74) is 2.13. The Hall–Kier alpha value is -1.33. The molecule has 1 aliphatic rings. The molecule has 2 nitrogen and oxygen atoms in total. The number of nitriles is 1. The van der Waals surface area contributed by atoms with Crippen LogP contribution in [0.2, 0.25) is 0 Å². The van der Waals surface area contributed by atoms with E-state index < -0.39 is 0 Å².